The first-order valence-corrected chi connectivity index (χ1v) is 3.27. The van der Waals surface area contributed by atoms with Gasteiger partial charge in [-0.05, 0) is 13.3 Å². The Bertz CT molecular complexity index is 148. The van der Waals surface area contributed by atoms with Crippen molar-refractivity contribution in [3.05, 3.63) is 12.2 Å². The third-order valence-electron chi connectivity index (χ3n) is 0.792. The highest BCUT2D eigenvalue weighted by Crippen LogP contribution is 2.09. The zero-order valence-electron chi connectivity index (χ0n) is 5.74. The second-order valence-electron chi connectivity index (χ2n) is 2.30. The van der Waals surface area contributed by atoms with Gasteiger partial charge in [0.05, 0.1) is 4.87 Å². The highest BCUT2D eigenvalue weighted by atomic mass is 32.1. The maximum Gasteiger partial charge on any atom is 0.327 e. The highest BCUT2D eigenvalue weighted by Gasteiger charge is 2.07. The molecule has 0 aromatic carbocycles. The molecule has 0 bridgehead atoms. The van der Waals surface area contributed by atoms with E-state index < -0.39 is 10.8 Å². The number of hydrogen-bond acceptors (Lipinski definition) is 3. The number of hydrogen-bond donors (Lipinski definition) is 3. The Morgan fingerprint density at radius 2 is 2.40 bits per heavy atom. The minimum Gasteiger partial charge on any atom is -0.478 e. The largest absolute Gasteiger partial charge is 0.478 e. The molecular weight excluding hydrogens is 150 g/mol. The van der Waals surface area contributed by atoms with Crippen molar-refractivity contribution in [3.63, 3.8) is 0 Å². The van der Waals surface area contributed by atoms with Gasteiger partial charge in [0, 0.05) is 6.08 Å². The number of thiol groups is 1. The Hall–Kier alpha value is -0.480. The Morgan fingerprint density at radius 1 is 1.90 bits per heavy atom. The van der Waals surface area contributed by atoms with E-state index in [0.717, 1.165) is 6.08 Å². The van der Waals surface area contributed by atoms with Gasteiger partial charge in [-0.15, -0.1) is 0 Å². The van der Waals surface area contributed by atoms with Gasteiger partial charge in [-0.3, -0.25) is 0 Å². The first kappa shape index (κ1) is 9.52. The van der Waals surface area contributed by atoms with Crippen molar-refractivity contribution in [1.82, 2.24) is 0 Å². The molecule has 10 heavy (non-hydrogen) atoms. The van der Waals surface area contributed by atoms with E-state index in [1.165, 1.54) is 6.08 Å². The second-order valence-corrected chi connectivity index (χ2v) is 3.32. The summed E-state index contributed by atoms with van der Waals surface area (Å²) in [4.78, 5) is 9.31. The van der Waals surface area contributed by atoms with Crippen LogP contribution in [0, 0.1) is 0 Å². The average Bonchev–Trinajstić information content (AvgIpc) is 1.59. The fourth-order valence-electron chi connectivity index (χ4n) is 0.398. The number of aliphatic carboxylic acids is 1. The lowest BCUT2D eigenvalue weighted by Crippen LogP contribution is -2.27. The van der Waals surface area contributed by atoms with Gasteiger partial charge < -0.3 is 10.8 Å². The SMILES string of the molecule is CC(N)(S)C/C=C/C(=O)O. The molecular formula is C6H11NO2S. The molecule has 0 aromatic rings. The van der Waals surface area contributed by atoms with Crippen LogP contribution in [0.5, 0.6) is 0 Å². The molecule has 0 aliphatic rings. The van der Waals surface area contributed by atoms with Gasteiger partial charge in [0.25, 0.3) is 0 Å². The lowest BCUT2D eigenvalue weighted by molar-refractivity contribution is -0.131. The fourth-order valence-corrected chi connectivity index (χ4v) is 0.504. The Kier molecular flexibility index (Phi) is 3.46. The fraction of sp³-hybridized carbons (Fsp3) is 0.500. The van der Waals surface area contributed by atoms with Crippen molar-refractivity contribution < 1.29 is 9.90 Å². The summed E-state index contributed by atoms with van der Waals surface area (Å²) in [5.41, 5.74) is 5.44. The van der Waals surface area contributed by atoms with Gasteiger partial charge in [-0.1, -0.05) is 6.08 Å². The topological polar surface area (TPSA) is 63.3 Å². The van der Waals surface area contributed by atoms with Crippen LogP contribution < -0.4 is 5.73 Å². The van der Waals surface area contributed by atoms with Crippen molar-refractivity contribution in [2.45, 2.75) is 18.2 Å². The molecule has 0 radical (unpaired) electrons. The molecule has 1 atom stereocenters. The molecule has 3 N–H and O–H groups in total. The van der Waals surface area contributed by atoms with E-state index in [1.807, 2.05) is 0 Å². The van der Waals surface area contributed by atoms with E-state index in [2.05, 4.69) is 12.6 Å². The molecule has 0 aromatic heterocycles. The Balaban J connectivity index is 3.64. The number of carboxylic acid groups (broad SMARTS) is 1. The molecule has 0 amide bonds. The summed E-state index contributed by atoms with van der Waals surface area (Å²) in [5, 5.41) is 8.16. The smallest absolute Gasteiger partial charge is 0.327 e. The van der Waals surface area contributed by atoms with Crippen LogP contribution in [0.15, 0.2) is 12.2 Å². The molecule has 0 saturated carbocycles. The van der Waals surface area contributed by atoms with Crippen LogP contribution in [0.1, 0.15) is 13.3 Å². The third-order valence-corrected chi connectivity index (χ3v) is 0.974. The van der Waals surface area contributed by atoms with E-state index in [9.17, 15) is 4.79 Å². The maximum atomic E-state index is 9.93. The monoisotopic (exact) mass is 161 g/mol. The summed E-state index contributed by atoms with van der Waals surface area (Å²) in [6, 6.07) is 0. The molecule has 1 unspecified atom stereocenters. The summed E-state index contributed by atoms with van der Waals surface area (Å²) in [5.74, 6) is -0.961. The summed E-state index contributed by atoms with van der Waals surface area (Å²) in [6.45, 7) is 1.71. The Labute approximate surface area is 65.3 Å². The average molecular weight is 161 g/mol. The molecule has 0 aliphatic heterocycles. The van der Waals surface area contributed by atoms with Gasteiger partial charge in [-0.25, -0.2) is 4.79 Å². The van der Waals surface area contributed by atoms with Crippen molar-refractivity contribution >= 4 is 18.6 Å². The summed E-state index contributed by atoms with van der Waals surface area (Å²) in [6.07, 6.45) is 2.99. The summed E-state index contributed by atoms with van der Waals surface area (Å²) < 4.78 is 0. The molecule has 0 fully saturated rings. The molecule has 0 saturated heterocycles. The third kappa shape index (κ3) is 7.52. The standard InChI is InChI=1S/C6H11NO2S/c1-6(7,10)4-2-3-5(8)9/h2-3,10H,4,7H2,1H3,(H,8,9)/b3-2+. The lowest BCUT2D eigenvalue weighted by Gasteiger charge is -2.13. The molecule has 3 nitrogen and oxygen atoms in total. The second kappa shape index (κ2) is 3.63. The van der Waals surface area contributed by atoms with Crippen LogP contribution in [0.4, 0.5) is 0 Å². The molecule has 0 heterocycles. The first-order chi connectivity index (χ1) is 4.42. The molecule has 4 heteroatoms. The number of carbonyl (C=O) groups is 1. The predicted octanol–water partition coefficient (Wildman–Crippen LogP) is 0.622. The number of carboxylic acids is 1. The lowest BCUT2D eigenvalue weighted by atomic mass is 10.2. The number of nitrogens with two attached hydrogens (primary N) is 1. The van der Waals surface area contributed by atoms with Crippen molar-refractivity contribution in [3.8, 4) is 0 Å². The maximum absolute atomic E-state index is 9.93. The number of rotatable bonds is 3. The van der Waals surface area contributed by atoms with E-state index in [0.29, 0.717) is 6.42 Å². The van der Waals surface area contributed by atoms with Gasteiger partial charge in [0.1, 0.15) is 0 Å². The zero-order chi connectivity index (χ0) is 8.20. The van der Waals surface area contributed by atoms with Crippen molar-refractivity contribution in [2.75, 3.05) is 0 Å². The Morgan fingerprint density at radius 3 is 2.70 bits per heavy atom. The van der Waals surface area contributed by atoms with Gasteiger partial charge in [-0.2, -0.15) is 12.6 Å². The van der Waals surface area contributed by atoms with Crippen LogP contribution in [-0.2, 0) is 4.79 Å². The van der Waals surface area contributed by atoms with E-state index >= 15 is 0 Å². The summed E-state index contributed by atoms with van der Waals surface area (Å²) >= 11 is 3.99. The van der Waals surface area contributed by atoms with E-state index in [4.69, 9.17) is 10.8 Å². The van der Waals surface area contributed by atoms with Gasteiger partial charge >= 0.3 is 5.97 Å². The predicted molar refractivity (Wildman–Crippen MR) is 43.0 cm³/mol. The molecule has 58 valence electrons. The summed E-state index contributed by atoms with van der Waals surface area (Å²) in [7, 11) is 0. The van der Waals surface area contributed by atoms with E-state index in [1.54, 1.807) is 6.92 Å². The minimum atomic E-state index is -0.961. The van der Waals surface area contributed by atoms with Crippen molar-refractivity contribution in [2.24, 2.45) is 5.73 Å². The van der Waals surface area contributed by atoms with E-state index in [-0.39, 0.29) is 0 Å². The first-order valence-electron chi connectivity index (χ1n) is 2.82. The zero-order valence-corrected chi connectivity index (χ0v) is 6.64. The van der Waals surface area contributed by atoms with Crippen LogP contribution >= 0.6 is 12.6 Å². The van der Waals surface area contributed by atoms with Gasteiger partial charge in [0.2, 0.25) is 0 Å². The quantitative estimate of drug-likeness (QED) is 0.323. The van der Waals surface area contributed by atoms with Crippen LogP contribution in [0.25, 0.3) is 0 Å². The van der Waals surface area contributed by atoms with Crippen molar-refractivity contribution in [1.29, 1.82) is 0 Å². The van der Waals surface area contributed by atoms with Gasteiger partial charge in [0.15, 0.2) is 0 Å². The van der Waals surface area contributed by atoms with Crippen LogP contribution in [0.2, 0.25) is 0 Å². The minimum absolute atomic E-state index is 0.447. The molecule has 0 aliphatic carbocycles. The molecule has 0 rings (SSSR count). The van der Waals surface area contributed by atoms with Crippen LogP contribution in [0.3, 0.4) is 0 Å². The normalized spacial score (nSPS) is 17.1. The highest BCUT2D eigenvalue weighted by molar-refractivity contribution is 7.81. The molecule has 0 spiro atoms. The van der Waals surface area contributed by atoms with Crippen LogP contribution in [-0.4, -0.2) is 15.9 Å².